The van der Waals surface area contributed by atoms with E-state index in [-0.39, 0.29) is 15.1 Å². The second kappa shape index (κ2) is 2.98. The maximum Gasteiger partial charge on any atom is 0.303 e. The Balaban J connectivity index is 2.44. The number of carboxylic acids is 1. The van der Waals surface area contributed by atoms with Gasteiger partial charge in [0, 0.05) is 6.42 Å². The number of halogens is 2. The Bertz CT molecular complexity index is 197. The fourth-order valence-electron chi connectivity index (χ4n) is 1.57. The number of hydrogen-bond acceptors (Lipinski definition) is 1. The largest absolute Gasteiger partial charge is 0.481 e. The van der Waals surface area contributed by atoms with Crippen LogP contribution in [0.25, 0.3) is 0 Å². The van der Waals surface area contributed by atoms with Crippen LogP contribution in [0.5, 0.6) is 0 Å². The van der Waals surface area contributed by atoms with Crippen LogP contribution >= 0.6 is 31.9 Å². The number of aliphatic carboxylic acids is 1. The zero-order valence-electron chi connectivity index (χ0n) is 7.10. The van der Waals surface area contributed by atoms with Crippen molar-refractivity contribution in [2.24, 2.45) is 11.3 Å². The number of carboxylic acid groups (broad SMARTS) is 1. The molecule has 0 heterocycles. The molecule has 1 aliphatic carbocycles. The summed E-state index contributed by atoms with van der Waals surface area (Å²) in [5, 5.41) is 8.50. The maximum absolute atomic E-state index is 10.3. The Morgan fingerprint density at radius 2 is 1.92 bits per heavy atom. The van der Waals surface area contributed by atoms with E-state index < -0.39 is 5.97 Å². The van der Waals surface area contributed by atoms with Gasteiger partial charge in [0.25, 0.3) is 0 Å². The first-order valence-electron chi connectivity index (χ1n) is 3.89. The van der Waals surface area contributed by atoms with Crippen molar-refractivity contribution in [3.05, 3.63) is 0 Å². The van der Waals surface area contributed by atoms with Gasteiger partial charge in [-0.2, -0.15) is 0 Å². The minimum absolute atomic E-state index is 0.0392. The molecule has 1 atom stereocenters. The zero-order valence-corrected chi connectivity index (χ0v) is 10.3. The van der Waals surface area contributed by atoms with Crippen LogP contribution in [0.15, 0.2) is 0 Å². The van der Waals surface area contributed by atoms with Gasteiger partial charge in [0.2, 0.25) is 0 Å². The van der Waals surface area contributed by atoms with Crippen molar-refractivity contribution in [2.45, 2.75) is 29.9 Å². The van der Waals surface area contributed by atoms with E-state index in [1.807, 2.05) is 0 Å². The third kappa shape index (κ3) is 1.55. The molecule has 0 aromatic carbocycles. The van der Waals surface area contributed by atoms with E-state index in [0.717, 1.165) is 6.42 Å². The van der Waals surface area contributed by atoms with Gasteiger partial charge in [0.1, 0.15) is 0 Å². The molecule has 1 saturated carbocycles. The van der Waals surface area contributed by atoms with Crippen LogP contribution in [0.2, 0.25) is 0 Å². The molecule has 1 fully saturated rings. The summed E-state index contributed by atoms with van der Waals surface area (Å²) in [6.45, 7) is 4.26. The molecule has 0 bridgehead atoms. The molecule has 0 spiro atoms. The van der Waals surface area contributed by atoms with Gasteiger partial charge in [-0.1, -0.05) is 45.7 Å². The van der Waals surface area contributed by atoms with Crippen molar-refractivity contribution in [1.29, 1.82) is 0 Å². The lowest BCUT2D eigenvalue weighted by molar-refractivity contribution is -0.137. The second-order valence-corrected chi connectivity index (χ2v) is 7.40. The highest BCUT2D eigenvalue weighted by atomic mass is 79.9. The molecule has 1 rings (SSSR count). The van der Waals surface area contributed by atoms with Gasteiger partial charge in [0.15, 0.2) is 0 Å². The van der Waals surface area contributed by atoms with Gasteiger partial charge < -0.3 is 5.11 Å². The predicted octanol–water partition coefficient (Wildman–Crippen LogP) is 2.99. The van der Waals surface area contributed by atoms with Gasteiger partial charge in [-0.05, 0) is 17.8 Å². The molecule has 0 aromatic heterocycles. The lowest BCUT2D eigenvalue weighted by Crippen LogP contribution is -1.97. The summed E-state index contributed by atoms with van der Waals surface area (Å²) >= 11 is 7.10. The third-order valence-corrected chi connectivity index (χ3v) is 5.88. The standard InChI is InChI=1S/C8H12Br2O2/c1-7(2)5(8(7,9)10)3-4-6(11)12/h5H,3-4H2,1-2H3,(H,11,12). The summed E-state index contributed by atoms with van der Waals surface area (Å²) in [6, 6.07) is 0. The third-order valence-electron chi connectivity index (χ3n) is 2.73. The molecular formula is C8H12Br2O2. The first kappa shape index (κ1) is 10.5. The number of alkyl halides is 2. The smallest absolute Gasteiger partial charge is 0.303 e. The molecule has 4 heteroatoms. The van der Waals surface area contributed by atoms with Crippen LogP contribution < -0.4 is 0 Å². The van der Waals surface area contributed by atoms with Crippen LogP contribution in [-0.4, -0.2) is 14.3 Å². The lowest BCUT2D eigenvalue weighted by atomic mass is 10.1. The van der Waals surface area contributed by atoms with Crippen molar-refractivity contribution in [3.8, 4) is 0 Å². The van der Waals surface area contributed by atoms with Crippen LogP contribution in [0, 0.1) is 11.3 Å². The first-order chi connectivity index (χ1) is 5.30. The average molecular weight is 300 g/mol. The summed E-state index contributed by atoms with van der Waals surface area (Å²) in [4.78, 5) is 10.3. The molecule has 0 aliphatic heterocycles. The summed E-state index contributed by atoms with van der Waals surface area (Å²) in [6.07, 6.45) is 0.992. The maximum atomic E-state index is 10.3. The summed E-state index contributed by atoms with van der Waals surface area (Å²) in [7, 11) is 0. The van der Waals surface area contributed by atoms with E-state index in [4.69, 9.17) is 5.11 Å². The van der Waals surface area contributed by atoms with Crippen LogP contribution in [0.1, 0.15) is 26.7 Å². The monoisotopic (exact) mass is 298 g/mol. The van der Waals surface area contributed by atoms with E-state index in [0.29, 0.717) is 5.92 Å². The summed E-state index contributed by atoms with van der Waals surface area (Å²) in [5.41, 5.74) is 0.169. The highest BCUT2D eigenvalue weighted by Crippen LogP contribution is 2.72. The Morgan fingerprint density at radius 1 is 1.50 bits per heavy atom. The molecule has 0 amide bonds. The fourth-order valence-corrected chi connectivity index (χ4v) is 3.49. The van der Waals surface area contributed by atoms with E-state index in [9.17, 15) is 4.79 Å². The molecule has 12 heavy (non-hydrogen) atoms. The highest BCUT2D eigenvalue weighted by Gasteiger charge is 2.67. The first-order valence-corrected chi connectivity index (χ1v) is 5.48. The molecule has 1 unspecified atom stereocenters. The van der Waals surface area contributed by atoms with Crippen LogP contribution in [0.4, 0.5) is 0 Å². The Kier molecular flexibility index (Phi) is 2.61. The van der Waals surface area contributed by atoms with Gasteiger partial charge in [-0.3, -0.25) is 4.79 Å². The molecule has 0 aromatic rings. The van der Waals surface area contributed by atoms with Crippen molar-refractivity contribution in [3.63, 3.8) is 0 Å². The molecule has 0 radical (unpaired) electrons. The van der Waals surface area contributed by atoms with Gasteiger partial charge >= 0.3 is 5.97 Å². The van der Waals surface area contributed by atoms with Gasteiger partial charge in [-0.15, -0.1) is 0 Å². The average Bonchev–Trinajstić information content (AvgIpc) is 2.21. The molecule has 0 saturated heterocycles. The molecule has 70 valence electrons. The quantitative estimate of drug-likeness (QED) is 0.814. The minimum Gasteiger partial charge on any atom is -0.481 e. The van der Waals surface area contributed by atoms with E-state index in [1.165, 1.54) is 0 Å². The van der Waals surface area contributed by atoms with Crippen LogP contribution in [0.3, 0.4) is 0 Å². The van der Waals surface area contributed by atoms with E-state index in [1.54, 1.807) is 0 Å². The Hall–Kier alpha value is 0.430. The molecule has 1 N–H and O–H groups in total. The molecular weight excluding hydrogens is 288 g/mol. The molecule has 1 aliphatic rings. The van der Waals surface area contributed by atoms with Crippen molar-refractivity contribution in [1.82, 2.24) is 0 Å². The summed E-state index contributed by atoms with van der Waals surface area (Å²) in [5.74, 6) is -0.297. The lowest BCUT2D eigenvalue weighted by Gasteiger charge is -2.00. The zero-order chi connectivity index (χ0) is 9.57. The van der Waals surface area contributed by atoms with Crippen molar-refractivity contribution >= 4 is 37.8 Å². The van der Waals surface area contributed by atoms with Gasteiger partial charge in [0.05, 0.1) is 3.23 Å². The number of hydrogen-bond donors (Lipinski definition) is 1. The summed E-state index contributed by atoms with van der Waals surface area (Å²) < 4.78 is -0.0392. The molecule has 2 nitrogen and oxygen atoms in total. The predicted molar refractivity (Wildman–Crippen MR) is 54.7 cm³/mol. The normalized spacial score (nSPS) is 29.8. The Morgan fingerprint density at radius 3 is 2.17 bits per heavy atom. The minimum atomic E-state index is -0.714. The van der Waals surface area contributed by atoms with Crippen LogP contribution in [-0.2, 0) is 4.79 Å². The van der Waals surface area contributed by atoms with Crippen molar-refractivity contribution < 1.29 is 9.90 Å². The Labute approximate surface area is 89.0 Å². The fraction of sp³-hybridized carbons (Fsp3) is 0.875. The SMILES string of the molecule is CC1(C)C(CCC(=O)O)C1(Br)Br. The van der Waals surface area contributed by atoms with E-state index >= 15 is 0 Å². The number of rotatable bonds is 3. The van der Waals surface area contributed by atoms with Gasteiger partial charge in [-0.25, -0.2) is 0 Å². The number of carbonyl (C=O) groups is 1. The second-order valence-electron chi connectivity index (χ2n) is 3.83. The topological polar surface area (TPSA) is 37.3 Å². The van der Waals surface area contributed by atoms with E-state index in [2.05, 4.69) is 45.7 Å². The van der Waals surface area contributed by atoms with Crippen molar-refractivity contribution in [2.75, 3.05) is 0 Å². The highest BCUT2D eigenvalue weighted by molar-refractivity contribution is 9.25.